The highest BCUT2D eigenvalue weighted by Gasteiger charge is 2.07. The van der Waals surface area contributed by atoms with Crippen LogP contribution >= 0.6 is 0 Å². The van der Waals surface area contributed by atoms with Crippen molar-refractivity contribution in [3.63, 3.8) is 0 Å². The molecule has 2 aromatic heterocycles. The highest BCUT2D eigenvalue weighted by atomic mass is 16.5. The summed E-state index contributed by atoms with van der Waals surface area (Å²) in [5.74, 6) is 1.19. The molecule has 1 aromatic carbocycles. The van der Waals surface area contributed by atoms with E-state index in [-0.39, 0.29) is 0 Å². The second-order valence-corrected chi connectivity index (χ2v) is 4.64. The number of benzene rings is 1. The molecule has 3 aromatic rings. The molecule has 0 atom stereocenters. The lowest BCUT2D eigenvalue weighted by Gasteiger charge is -2.14. The first kappa shape index (κ1) is 11.7. The number of nitrogens with zero attached hydrogens (tertiary/aromatic N) is 3. The Balaban J connectivity index is 1.69. The molecule has 0 saturated carbocycles. The lowest BCUT2D eigenvalue weighted by Crippen LogP contribution is -2.16. The van der Waals surface area contributed by atoms with Crippen LogP contribution in [0.25, 0.3) is 11.0 Å². The Labute approximate surface area is 110 Å². The molecule has 6 heteroatoms. The molecule has 98 valence electrons. The Morgan fingerprint density at radius 2 is 2.21 bits per heavy atom. The SMILES string of the molecule is CN(Cc1ccc2nc[nH]c2c1)Cc1cc(N)no1. The maximum absolute atomic E-state index is 5.52. The molecule has 3 rings (SSSR count). The highest BCUT2D eigenvalue weighted by molar-refractivity contribution is 5.74. The number of aromatic amines is 1. The fourth-order valence-electron chi connectivity index (χ4n) is 2.12. The summed E-state index contributed by atoms with van der Waals surface area (Å²) in [7, 11) is 2.02. The van der Waals surface area contributed by atoms with Crippen LogP contribution in [-0.4, -0.2) is 27.1 Å². The first-order valence-electron chi connectivity index (χ1n) is 6.02. The van der Waals surface area contributed by atoms with E-state index in [0.717, 1.165) is 23.3 Å². The molecule has 0 saturated heterocycles. The van der Waals surface area contributed by atoms with E-state index in [4.69, 9.17) is 10.3 Å². The summed E-state index contributed by atoms with van der Waals surface area (Å²) in [6, 6.07) is 7.94. The van der Waals surface area contributed by atoms with Crippen molar-refractivity contribution in [2.45, 2.75) is 13.1 Å². The molecule has 0 radical (unpaired) electrons. The Morgan fingerprint density at radius 3 is 3.00 bits per heavy atom. The molecule has 0 amide bonds. The van der Waals surface area contributed by atoms with Crippen molar-refractivity contribution in [3.8, 4) is 0 Å². The summed E-state index contributed by atoms with van der Waals surface area (Å²) in [5, 5.41) is 3.67. The number of rotatable bonds is 4. The number of H-pyrrole nitrogens is 1. The van der Waals surface area contributed by atoms with E-state index < -0.39 is 0 Å². The Hall–Kier alpha value is -2.34. The van der Waals surface area contributed by atoms with Crippen molar-refractivity contribution in [3.05, 3.63) is 41.9 Å². The zero-order valence-electron chi connectivity index (χ0n) is 10.6. The number of hydrogen-bond donors (Lipinski definition) is 2. The first-order chi connectivity index (χ1) is 9.20. The molecule has 0 spiro atoms. The van der Waals surface area contributed by atoms with Gasteiger partial charge >= 0.3 is 0 Å². The third-order valence-corrected chi connectivity index (χ3v) is 2.94. The molecule has 6 nitrogen and oxygen atoms in total. The molecular weight excluding hydrogens is 242 g/mol. The number of aromatic nitrogens is 3. The van der Waals surface area contributed by atoms with Crippen LogP contribution in [0, 0.1) is 0 Å². The predicted molar refractivity (Wildman–Crippen MR) is 72.2 cm³/mol. The van der Waals surface area contributed by atoms with Crippen LogP contribution in [0.15, 0.2) is 35.1 Å². The van der Waals surface area contributed by atoms with E-state index in [2.05, 4.69) is 32.2 Å². The Bertz CT molecular complexity index is 687. The standard InChI is InChI=1S/C13H15N5O/c1-18(7-10-5-13(14)17-19-10)6-9-2-3-11-12(4-9)16-8-15-11/h2-5,8H,6-7H2,1H3,(H2,14,17)(H,15,16). The maximum atomic E-state index is 5.52. The average molecular weight is 257 g/mol. The molecule has 0 aliphatic rings. The minimum atomic E-state index is 0.419. The van der Waals surface area contributed by atoms with Gasteiger partial charge in [0.1, 0.15) is 0 Å². The third-order valence-electron chi connectivity index (χ3n) is 2.94. The van der Waals surface area contributed by atoms with Gasteiger partial charge in [0.05, 0.1) is 23.9 Å². The van der Waals surface area contributed by atoms with Gasteiger partial charge in [-0.15, -0.1) is 0 Å². The molecule has 0 aliphatic heterocycles. The van der Waals surface area contributed by atoms with E-state index >= 15 is 0 Å². The van der Waals surface area contributed by atoms with E-state index in [1.165, 1.54) is 5.56 Å². The van der Waals surface area contributed by atoms with Crippen LogP contribution in [-0.2, 0) is 13.1 Å². The van der Waals surface area contributed by atoms with Gasteiger partial charge in [0.15, 0.2) is 11.6 Å². The minimum absolute atomic E-state index is 0.419. The van der Waals surface area contributed by atoms with Gasteiger partial charge in [-0.1, -0.05) is 11.2 Å². The van der Waals surface area contributed by atoms with Crippen molar-refractivity contribution in [2.75, 3.05) is 12.8 Å². The van der Waals surface area contributed by atoms with Crippen LogP contribution in [0.3, 0.4) is 0 Å². The van der Waals surface area contributed by atoms with E-state index in [9.17, 15) is 0 Å². The predicted octanol–water partition coefficient (Wildman–Crippen LogP) is 1.77. The van der Waals surface area contributed by atoms with Crippen molar-refractivity contribution in [1.29, 1.82) is 0 Å². The third kappa shape index (κ3) is 2.58. The number of imidazole rings is 1. The van der Waals surface area contributed by atoms with E-state index in [1.807, 2.05) is 13.1 Å². The molecule has 0 unspecified atom stereocenters. The van der Waals surface area contributed by atoms with Gasteiger partial charge in [-0.25, -0.2) is 4.98 Å². The average Bonchev–Trinajstić information content (AvgIpc) is 2.97. The van der Waals surface area contributed by atoms with Crippen LogP contribution in [0.4, 0.5) is 5.82 Å². The Morgan fingerprint density at radius 1 is 1.32 bits per heavy atom. The second kappa shape index (κ2) is 4.74. The Kier molecular flexibility index (Phi) is 2.92. The van der Waals surface area contributed by atoms with E-state index in [0.29, 0.717) is 12.4 Å². The maximum Gasteiger partial charge on any atom is 0.167 e. The van der Waals surface area contributed by atoms with Crippen LogP contribution in [0.1, 0.15) is 11.3 Å². The van der Waals surface area contributed by atoms with Gasteiger partial charge in [0.2, 0.25) is 0 Å². The zero-order chi connectivity index (χ0) is 13.2. The lowest BCUT2D eigenvalue weighted by molar-refractivity contribution is 0.267. The normalized spacial score (nSPS) is 11.5. The fraction of sp³-hybridized carbons (Fsp3) is 0.231. The smallest absolute Gasteiger partial charge is 0.167 e. The molecule has 0 fully saturated rings. The van der Waals surface area contributed by atoms with Crippen LogP contribution < -0.4 is 5.73 Å². The zero-order valence-corrected chi connectivity index (χ0v) is 10.6. The van der Waals surface area contributed by atoms with Gasteiger partial charge in [0.25, 0.3) is 0 Å². The monoisotopic (exact) mass is 257 g/mol. The summed E-state index contributed by atoms with van der Waals surface area (Å²) < 4.78 is 5.10. The summed E-state index contributed by atoms with van der Waals surface area (Å²) in [5.41, 5.74) is 8.77. The number of anilines is 1. The largest absolute Gasteiger partial charge is 0.381 e. The van der Waals surface area contributed by atoms with Gasteiger partial charge < -0.3 is 15.2 Å². The van der Waals surface area contributed by atoms with Crippen molar-refractivity contribution in [1.82, 2.24) is 20.0 Å². The lowest BCUT2D eigenvalue weighted by atomic mass is 10.2. The topological polar surface area (TPSA) is 84.0 Å². The van der Waals surface area contributed by atoms with Crippen molar-refractivity contribution >= 4 is 16.9 Å². The number of nitrogens with two attached hydrogens (primary N) is 1. The summed E-state index contributed by atoms with van der Waals surface area (Å²) in [4.78, 5) is 9.45. The molecule has 0 aliphatic carbocycles. The summed E-state index contributed by atoms with van der Waals surface area (Å²) in [6.07, 6.45) is 1.70. The summed E-state index contributed by atoms with van der Waals surface area (Å²) >= 11 is 0. The van der Waals surface area contributed by atoms with Crippen molar-refractivity contribution in [2.24, 2.45) is 0 Å². The fourth-order valence-corrected chi connectivity index (χ4v) is 2.12. The molecule has 3 N–H and O–H groups in total. The highest BCUT2D eigenvalue weighted by Crippen LogP contribution is 2.14. The molecule has 0 bridgehead atoms. The van der Waals surface area contributed by atoms with Crippen LogP contribution in [0.5, 0.6) is 0 Å². The first-order valence-corrected chi connectivity index (χ1v) is 6.02. The van der Waals surface area contributed by atoms with E-state index in [1.54, 1.807) is 12.4 Å². The number of fused-ring (bicyclic) bond motifs is 1. The van der Waals surface area contributed by atoms with Gasteiger partial charge in [-0.2, -0.15) is 0 Å². The molecule has 19 heavy (non-hydrogen) atoms. The molecular formula is C13H15N5O. The molecule has 2 heterocycles. The number of nitrogens with one attached hydrogen (secondary N) is 1. The van der Waals surface area contributed by atoms with Gasteiger partial charge in [-0.05, 0) is 24.7 Å². The van der Waals surface area contributed by atoms with Crippen molar-refractivity contribution < 1.29 is 4.52 Å². The second-order valence-electron chi connectivity index (χ2n) is 4.64. The number of nitrogen functional groups attached to an aromatic ring is 1. The van der Waals surface area contributed by atoms with Gasteiger partial charge in [-0.3, -0.25) is 4.90 Å². The minimum Gasteiger partial charge on any atom is -0.381 e. The summed E-state index contributed by atoms with van der Waals surface area (Å²) in [6.45, 7) is 1.49. The quantitative estimate of drug-likeness (QED) is 0.744. The number of hydrogen-bond acceptors (Lipinski definition) is 5. The van der Waals surface area contributed by atoms with Crippen LogP contribution in [0.2, 0.25) is 0 Å². The van der Waals surface area contributed by atoms with Gasteiger partial charge in [0, 0.05) is 12.6 Å².